The van der Waals surface area contributed by atoms with Crippen LogP contribution in [0.5, 0.6) is 0 Å². The van der Waals surface area contributed by atoms with Crippen LogP contribution in [-0.2, 0) is 16.1 Å². The normalized spacial score (nSPS) is 12.1. The van der Waals surface area contributed by atoms with E-state index < -0.39 is 11.7 Å². The minimum absolute atomic E-state index is 0.112. The van der Waals surface area contributed by atoms with Gasteiger partial charge in [-0.15, -0.1) is 0 Å². The molecule has 0 spiro atoms. The van der Waals surface area contributed by atoms with Gasteiger partial charge in [-0.2, -0.15) is 0 Å². The summed E-state index contributed by atoms with van der Waals surface area (Å²) < 4.78 is 5.21. The third kappa shape index (κ3) is 6.77. The number of alkyl carbamates (subject to hydrolysis) is 1. The Morgan fingerprint density at radius 1 is 1.00 bits per heavy atom. The van der Waals surface area contributed by atoms with E-state index in [2.05, 4.69) is 5.32 Å². The van der Waals surface area contributed by atoms with Gasteiger partial charge in [-0.05, 0) is 38.8 Å². The maximum absolute atomic E-state index is 12.9. The number of benzene rings is 2. The van der Waals surface area contributed by atoms with Gasteiger partial charge in [0.15, 0.2) is 0 Å². The number of nitrogens with one attached hydrogen (secondary N) is 1. The highest BCUT2D eigenvalue weighted by atomic mass is 16.6. The molecule has 0 saturated carbocycles. The minimum atomic E-state index is -0.603. The van der Waals surface area contributed by atoms with E-state index in [4.69, 9.17) is 4.74 Å². The zero-order chi connectivity index (χ0) is 19.9. The van der Waals surface area contributed by atoms with E-state index in [0.717, 1.165) is 11.1 Å². The van der Waals surface area contributed by atoms with Crippen molar-refractivity contribution in [1.29, 1.82) is 0 Å². The van der Waals surface area contributed by atoms with Crippen molar-refractivity contribution in [2.75, 3.05) is 6.54 Å². The molecule has 0 radical (unpaired) electrons. The maximum Gasteiger partial charge on any atom is 0.408 e. The Labute approximate surface area is 161 Å². The lowest BCUT2D eigenvalue weighted by molar-refractivity contribution is -0.133. The van der Waals surface area contributed by atoms with Crippen LogP contribution in [0.4, 0.5) is 4.79 Å². The van der Waals surface area contributed by atoms with Gasteiger partial charge < -0.3 is 15.0 Å². The molecule has 2 aromatic carbocycles. The van der Waals surface area contributed by atoms with Gasteiger partial charge in [0.2, 0.25) is 5.91 Å². The first-order chi connectivity index (χ1) is 12.8. The Morgan fingerprint density at radius 3 is 2.11 bits per heavy atom. The Kier molecular flexibility index (Phi) is 6.99. The Balaban J connectivity index is 2.11. The monoisotopic (exact) mass is 368 g/mol. The van der Waals surface area contributed by atoms with E-state index in [9.17, 15) is 9.59 Å². The van der Waals surface area contributed by atoms with Crippen LogP contribution >= 0.6 is 0 Å². The van der Waals surface area contributed by atoms with Gasteiger partial charge in [0.25, 0.3) is 0 Å². The molecular formula is C22H28N2O3. The second kappa shape index (κ2) is 9.21. The average molecular weight is 368 g/mol. The Hall–Kier alpha value is -2.82. The number of hydrogen-bond acceptors (Lipinski definition) is 3. The summed E-state index contributed by atoms with van der Waals surface area (Å²) >= 11 is 0. The topological polar surface area (TPSA) is 58.6 Å². The van der Waals surface area contributed by atoms with Crippen molar-refractivity contribution in [2.24, 2.45) is 0 Å². The fourth-order valence-corrected chi connectivity index (χ4v) is 2.70. The van der Waals surface area contributed by atoms with E-state index in [0.29, 0.717) is 6.54 Å². The molecule has 0 heterocycles. The zero-order valence-corrected chi connectivity index (χ0v) is 16.4. The molecule has 0 fully saturated rings. The summed E-state index contributed by atoms with van der Waals surface area (Å²) in [4.78, 5) is 26.5. The zero-order valence-electron chi connectivity index (χ0n) is 16.4. The predicted molar refractivity (Wildman–Crippen MR) is 106 cm³/mol. The quantitative estimate of drug-likeness (QED) is 0.827. The molecular weight excluding hydrogens is 340 g/mol. The fourth-order valence-electron chi connectivity index (χ4n) is 2.70. The van der Waals surface area contributed by atoms with Crippen molar-refractivity contribution in [1.82, 2.24) is 10.2 Å². The molecule has 5 nitrogen and oxygen atoms in total. The van der Waals surface area contributed by atoms with Crippen molar-refractivity contribution in [3.63, 3.8) is 0 Å². The largest absolute Gasteiger partial charge is 0.444 e. The molecule has 1 N–H and O–H groups in total. The van der Waals surface area contributed by atoms with Crippen LogP contribution in [0.2, 0.25) is 0 Å². The van der Waals surface area contributed by atoms with Crippen molar-refractivity contribution >= 4 is 12.0 Å². The first-order valence-corrected chi connectivity index (χ1v) is 9.11. The van der Waals surface area contributed by atoms with Gasteiger partial charge in [-0.1, -0.05) is 60.7 Å². The van der Waals surface area contributed by atoms with Crippen LogP contribution in [0.25, 0.3) is 0 Å². The lowest BCUT2D eigenvalue weighted by atomic mass is 10.1. The summed E-state index contributed by atoms with van der Waals surface area (Å²) in [6.07, 6.45) is -0.595. The predicted octanol–water partition coefficient (Wildman–Crippen LogP) is 4.30. The van der Waals surface area contributed by atoms with Crippen LogP contribution in [-0.4, -0.2) is 29.0 Å². The Morgan fingerprint density at radius 2 is 1.56 bits per heavy atom. The highest BCUT2D eigenvalue weighted by Gasteiger charge is 2.23. The molecule has 2 amide bonds. The van der Waals surface area contributed by atoms with Crippen molar-refractivity contribution in [3.8, 4) is 0 Å². The summed E-state index contributed by atoms with van der Waals surface area (Å²) in [6, 6.07) is 19.5. The smallest absolute Gasteiger partial charge is 0.408 e. The number of ether oxygens (including phenoxy) is 1. The van der Waals surface area contributed by atoms with Crippen molar-refractivity contribution < 1.29 is 14.3 Å². The molecule has 2 aromatic rings. The van der Waals surface area contributed by atoms with E-state index in [1.54, 1.807) is 25.7 Å². The number of carbonyl (C=O) groups is 2. The number of amides is 2. The minimum Gasteiger partial charge on any atom is -0.444 e. The second-order valence-electron chi connectivity index (χ2n) is 7.45. The Bertz CT molecular complexity index is 739. The summed E-state index contributed by atoms with van der Waals surface area (Å²) in [6.45, 7) is 7.70. The lowest BCUT2D eigenvalue weighted by Crippen LogP contribution is -2.42. The van der Waals surface area contributed by atoms with Gasteiger partial charge in [0.1, 0.15) is 12.1 Å². The summed E-state index contributed by atoms with van der Waals surface area (Å²) in [5.74, 6) is -0.166. The third-order valence-electron chi connectivity index (χ3n) is 4.05. The SMILES string of the molecule is CC(c1ccccc1)N(Cc1ccccc1)C(=O)CNC(=O)OC(C)(C)C. The molecule has 5 heteroatoms. The third-order valence-corrected chi connectivity index (χ3v) is 4.05. The molecule has 1 atom stereocenters. The van der Waals surface area contributed by atoms with Crippen LogP contribution in [0, 0.1) is 0 Å². The van der Waals surface area contributed by atoms with Gasteiger partial charge in [0, 0.05) is 6.54 Å². The molecule has 2 rings (SSSR count). The van der Waals surface area contributed by atoms with Gasteiger partial charge in [0.05, 0.1) is 6.04 Å². The number of rotatable bonds is 6. The van der Waals surface area contributed by atoms with E-state index >= 15 is 0 Å². The highest BCUT2D eigenvalue weighted by molar-refractivity contribution is 5.82. The summed E-state index contributed by atoms with van der Waals surface area (Å²) in [7, 11) is 0. The molecule has 1 unspecified atom stereocenters. The molecule has 0 aliphatic heterocycles. The second-order valence-corrected chi connectivity index (χ2v) is 7.45. The van der Waals surface area contributed by atoms with Gasteiger partial charge >= 0.3 is 6.09 Å². The molecule has 27 heavy (non-hydrogen) atoms. The average Bonchev–Trinajstić information content (AvgIpc) is 2.64. The number of nitrogens with zero attached hydrogens (tertiary/aromatic N) is 1. The van der Waals surface area contributed by atoms with Crippen molar-refractivity contribution in [2.45, 2.75) is 45.9 Å². The molecule has 144 valence electrons. The maximum atomic E-state index is 12.9. The van der Waals surface area contributed by atoms with Crippen LogP contribution in [0.3, 0.4) is 0 Å². The first-order valence-electron chi connectivity index (χ1n) is 9.11. The van der Waals surface area contributed by atoms with Crippen molar-refractivity contribution in [3.05, 3.63) is 71.8 Å². The standard InChI is InChI=1S/C22H28N2O3/c1-17(19-13-9-6-10-14-19)24(16-18-11-7-5-8-12-18)20(25)15-23-21(26)27-22(2,3)4/h5-14,17H,15-16H2,1-4H3,(H,23,26). The van der Waals surface area contributed by atoms with Crippen LogP contribution < -0.4 is 5.32 Å². The van der Waals surface area contributed by atoms with Gasteiger partial charge in [-0.3, -0.25) is 4.79 Å². The highest BCUT2D eigenvalue weighted by Crippen LogP contribution is 2.22. The number of hydrogen-bond donors (Lipinski definition) is 1. The van der Waals surface area contributed by atoms with E-state index in [-0.39, 0.29) is 18.5 Å². The molecule has 0 aromatic heterocycles. The van der Waals surface area contributed by atoms with Gasteiger partial charge in [-0.25, -0.2) is 4.79 Å². The summed E-state index contributed by atoms with van der Waals surface area (Å²) in [5.41, 5.74) is 1.47. The first kappa shape index (κ1) is 20.5. The van der Waals surface area contributed by atoms with Crippen LogP contribution in [0.15, 0.2) is 60.7 Å². The van der Waals surface area contributed by atoms with Crippen LogP contribution in [0.1, 0.15) is 44.9 Å². The molecule has 0 aliphatic rings. The lowest BCUT2D eigenvalue weighted by Gasteiger charge is -2.30. The molecule has 0 aliphatic carbocycles. The number of carbonyl (C=O) groups excluding carboxylic acids is 2. The van der Waals surface area contributed by atoms with E-state index in [1.165, 1.54) is 0 Å². The molecule has 0 saturated heterocycles. The fraction of sp³-hybridized carbons (Fsp3) is 0.364. The summed E-state index contributed by atoms with van der Waals surface area (Å²) in [5, 5.41) is 2.56. The van der Waals surface area contributed by atoms with E-state index in [1.807, 2.05) is 67.6 Å². The molecule has 0 bridgehead atoms.